The van der Waals surface area contributed by atoms with Crippen molar-refractivity contribution in [3.05, 3.63) is 49.1 Å². The molecule has 17 heavy (non-hydrogen) atoms. The highest BCUT2D eigenvalue weighted by Gasteiger charge is 2.39. The third-order valence-electron chi connectivity index (χ3n) is 2.18. The molecule has 1 aliphatic heterocycles. The van der Waals surface area contributed by atoms with Gasteiger partial charge in [0.25, 0.3) is 0 Å². The highest BCUT2D eigenvalue weighted by molar-refractivity contribution is 5.87. The number of nitrogens with zero attached hydrogens (tertiary/aromatic N) is 1. The first-order chi connectivity index (χ1) is 8.11. The number of ether oxygens (including phenoxy) is 1. The predicted molar refractivity (Wildman–Crippen MR) is 62.2 cm³/mol. The van der Waals surface area contributed by atoms with Crippen molar-refractivity contribution in [3.8, 4) is 0 Å². The van der Waals surface area contributed by atoms with E-state index >= 15 is 0 Å². The third kappa shape index (κ3) is 2.84. The van der Waals surface area contributed by atoms with Gasteiger partial charge >= 0.3 is 12.1 Å². The van der Waals surface area contributed by atoms with Gasteiger partial charge in [-0.05, 0) is 5.57 Å². The van der Waals surface area contributed by atoms with Crippen LogP contribution in [0, 0.1) is 0 Å². The second-order valence-electron chi connectivity index (χ2n) is 3.24. The molecule has 0 spiro atoms. The summed E-state index contributed by atoms with van der Waals surface area (Å²) < 4.78 is 4.72. The lowest BCUT2D eigenvalue weighted by molar-refractivity contribution is -0.138. The fourth-order valence-electron chi connectivity index (χ4n) is 1.45. The van der Waals surface area contributed by atoms with E-state index in [9.17, 15) is 9.59 Å². The Morgan fingerprint density at radius 1 is 1.47 bits per heavy atom. The number of esters is 1. The van der Waals surface area contributed by atoms with E-state index < -0.39 is 18.1 Å². The lowest BCUT2D eigenvalue weighted by atomic mass is 10.1. The fraction of sp³-hybridized carbons (Fsp3) is 0.167. The van der Waals surface area contributed by atoms with E-state index in [4.69, 9.17) is 9.84 Å². The number of amides is 1. The quantitative estimate of drug-likeness (QED) is 0.595. The van der Waals surface area contributed by atoms with Gasteiger partial charge in [-0.2, -0.15) is 0 Å². The van der Waals surface area contributed by atoms with Crippen molar-refractivity contribution in [2.75, 3.05) is 6.73 Å². The van der Waals surface area contributed by atoms with Crippen LogP contribution in [0.25, 0.3) is 0 Å². The average Bonchev–Trinajstić information content (AvgIpc) is 2.66. The molecule has 1 amide bonds. The van der Waals surface area contributed by atoms with Gasteiger partial charge in [0, 0.05) is 0 Å². The van der Waals surface area contributed by atoms with Crippen molar-refractivity contribution in [1.82, 2.24) is 4.90 Å². The van der Waals surface area contributed by atoms with E-state index in [2.05, 4.69) is 13.2 Å². The SMILES string of the molecule is C=C/C=C\C(=C/C=C)[C@@H]1C(=O)OCN1C(=O)O. The van der Waals surface area contributed by atoms with Gasteiger partial charge in [-0.3, -0.25) is 4.90 Å². The molecule has 5 heteroatoms. The Morgan fingerprint density at radius 2 is 2.18 bits per heavy atom. The Kier molecular flexibility index (Phi) is 4.28. The summed E-state index contributed by atoms with van der Waals surface area (Å²) in [5, 5.41) is 8.94. The molecule has 0 saturated carbocycles. The number of cyclic esters (lactones) is 1. The van der Waals surface area contributed by atoms with Crippen molar-refractivity contribution in [3.63, 3.8) is 0 Å². The van der Waals surface area contributed by atoms with Crippen LogP contribution in [0.1, 0.15) is 0 Å². The van der Waals surface area contributed by atoms with E-state index in [1.165, 1.54) is 12.2 Å². The first-order valence-electron chi connectivity index (χ1n) is 4.89. The van der Waals surface area contributed by atoms with Gasteiger partial charge in [0.15, 0.2) is 12.8 Å². The van der Waals surface area contributed by atoms with E-state index in [0.29, 0.717) is 5.57 Å². The Bertz CT molecular complexity index is 409. The summed E-state index contributed by atoms with van der Waals surface area (Å²) in [6.07, 6.45) is 6.58. The third-order valence-corrected chi connectivity index (χ3v) is 2.18. The Morgan fingerprint density at radius 3 is 2.71 bits per heavy atom. The van der Waals surface area contributed by atoms with Crippen LogP contribution in [0.3, 0.4) is 0 Å². The minimum absolute atomic E-state index is 0.255. The summed E-state index contributed by atoms with van der Waals surface area (Å²) in [4.78, 5) is 23.4. The molecule has 0 unspecified atom stereocenters. The smallest absolute Gasteiger partial charge is 0.411 e. The molecule has 0 aromatic carbocycles. The van der Waals surface area contributed by atoms with Crippen molar-refractivity contribution in [1.29, 1.82) is 0 Å². The van der Waals surface area contributed by atoms with Crippen molar-refractivity contribution in [2.45, 2.75) is 6.04 Å². The van der Waals surface area contributed by atoms with Crippen molar-refractivity contribution >= 4 is 12.1 Å². The molecule has 1 saturated heterocycles. The standard InChI is InChI=1S/C12H13NO4/c1-3-5-7-9(6-4-2)10-11(14)17-8-13(10)12(15)16/h3-7,10H,1-2,8H2,(H,15,16)/b7-5-,9-6+/t10-/m1/s1. The zero-order valence-corrected chi connectivity index (χ0v) is 9.20. The van der Waals surface area contributed by atoms with Gasteiger partial charge < -0.3 is 9.84 Å². The summed E-state index contributed by atoms with van der Waals surface area (Å²) in [5.41, 5.74) is 0.491. The predicted octanol–water partition coefficient (Wildman–Crippen LogP) is 1.70. The van der Waals surface area contributed by atoms with Crippen molar-refractivity contribution in [2.24, 2.45) is 0 Å². The second-order valence-corrected chi connectivity index (χ2v) is 3.24. The second kappa shape index (κ2) is 5.69. The van der Waals surface area contributed by atoms with Gasteiger partial charge in [-0.15, -0.1) is 0 Å². The summed E-state index contributed by atoms with van der Waals surface area (Å²) in [6, 6.07) is -0.943. The number of hydrogen-bond acceptors (Lipinski definition) is 3. The van der Waals surface area contributed by atoms with Gasteiger partial charge in [0.1, 0.15) is 0 Å². The Balaban J connectivity index is 3.06. The molecular weight excluding hydrogens is 222 g/mol. The Labute approximate surface area is 99.0 Å². The lowest BCUT2D eigenvalue weighted by Crippen LogP contribution is -2.38. The zero-order valence-electron chi connectivity index (χ0n) is 9.20. The maximum Gasteiger partial charge on any atom is 0.411 e. The van der Waals surface area contributed by atoms with Gasteiger partial charge in [-0.1, -0.05) is 43.5 Å². The molecule has 0 bridgehead atoms. The monoisotopic (exact) mass is 235 g/mol. The van der Waals surface area contributed by atoms with Crippen LogP contribution in [0.5, 0.6) is 0 Å². The van der Waals surface area contributed by atoms with Crippen LogP contribution in [-0.4, -0.2) is 34.8 Å². The molecule has 1 heterocycles. The number of hydrogen-bond donors (Lipinski definition) is 1. The van der Waals surface area contributed by atoms with E-state index in [1.807, 2.05) is 0 Å². The van der Waals surface area contributed by atoms with Crippen LogP contribution < -0.4 is 0 Å². The van der Waals surface area contributed by atoms with Gasteiger partial charge in [-0.25, -0.2) is 9.59 Å². The first-order valence-corrected chi connectivity index (χ1v) is 4.89. The summed E-state index contributed by atoms with van der Waals surface area (Å²) in [6.45, 7) is 6.77. The van der Waals surface area contributed by atoms with Crippen molar-refractivity contribution < 1.29 is 19.4 Å². The molecular formula is C12H13NO4. The normalized spacial score (nSPS) is 20.5. The highest BCUT2D eigenvalue weighted by atomic mass is 16.6. The molecule has 1 rings (SSSR count). The van der Waals surface area contributed by atoms with E-state index in [1.54, 1.807) is 18.2 Å². The largest absolute Gasteiger partial charge is 0.465 e. The summed E-state index contributed by atoms with van der Waals surface area (Å²) >= 11 is 0. The minimum atomic E-state index is -1.21. The number of allylic oxidation sites excluding steroid dienone is 4. The molecule has 1 aliphatic rings. The molecule has 0 aliphatic carbocycles. The average molecular weight is 235 g/mol. The molecule has 1 N–H and O–H groups in total. The van der Waals surface area contributed by atoms with E-state index in [0.717, 1.165) is 4.90 Å². The van der Waals surface area contributed by atoms with Crippen LogP contribution in [-0.2, 0) is 9.53 Å². The molecule has 0 radical (unpaired) electrons. The number of carbonyl (C=O) groups excluding carboxylic acids is 1. The molecule has 1 fully saturated rings. The van der Waals surface area contributed by atoms with Gasteiger partial charge in [0.05, 0.1) is 0 Å². The highest BCUT2D eigenvalue weighted by Crippen LogP contribution is 2.20. The molecule has 5 nitrogen and oxygen atoms in total. The van der Waals surface area contributed by atoms with Crippen LogP contribution in [0.4, 0.5) is 4.79 Å². The molecule has 90 valence electrons. The minimum Gasteiger partial charge on any atom is -0.465 e. The van der Waals surface area contributed by atoms with Crippen LogP contribution in [0.15, 0.2) is 49.1 Å². The van der Waals surface area contributed by atoms with Crippen LogP contribution in [0.2, 0.25) is 0 Å². The Hall–Kier alpha value is -2.30. The zero-order chi connectivity index (χ0) is 12.8. The molecule has 1 atom stereocenters. The number of carboxylic acid groups (broad SMARTS) is 1. The lowest BCUT2D eigenvalue weighted by Gasteiger charge is -2.17. The maximum absolute atomic E-state index is 11.5. The topological polar surface area (TPSA) is 66.8 Å². The van der Waals surface area contributed by atoms with Crippen LogP contribution >= 0.6 is 0 Å². The number of carbonyl (C=O) groups is 2. The molecule has 0 aromatic rings. The van der Waals surface area contributed by atoms with Gasteiger partial charge in [0.2, 0.25) is 0 Å². The van der Waals surface area contributed by atoms with E-state index in [-0.39, 0.29) is 6.73 Å². The number of rotatable bonds is 4. The fourth-order valence-corrected chi connectivity index (χ4v) is 1.45. The maximum atomic E-state index is 11.5. The summed E-state index contributed by atoms with van der Waals surface area (Å²) in [5.74, 6) is -0.589. The molecule has 0 aromatic heterocycles. The summed E-state index contributed by atoms with van der Waals surface area (Å²) in [7, 11) is 0. The first kappa shape index (κ1) is 12.8.